The molecule has 1 amide bonds. The van der Waals surface area contributed by atoms with E-state index in [1.54, 1.807) is 0 Å². The monoisotopic (exact) mass is 290 g/mol. The van der Waals surface area contributed by atoms with Crippen molar-refractivity contribution >= 4 is 17.2 Å². The zero-order chi connectivity index (χ0) is 14.5. The van der Waals surface area contributed by atoms with Gasteiger partial charge in [-0.25, -0.2) is 0 Å². The van der Waals surface area contributed by atoms with Crippen molar-refractivity contribution < 1.29 is 4.79 Å². The maximum absolute atomic E-state index is 12.7. The fraction of sp³-hybridized carbons (Fsp3) is 0.562. The molecular formula is C16H22N2OS. The second kappa shape index (κ2) is 6.92. The van der Waals surface area contributed by atoms with Crippen LogP contribution in [0.1, 0.15) is 52.7 Å². The molecule has 1 saturated carbocycles. The Balaban J connectivity index is 2.19. The first-order valence-corrected chi connectivity index (χ1v) is 8.09. The third kappa shape index (κ3) is 3.23. The molecule has 1 aromatic heterocycles. The maximum Gasteiger partial charge on any atom is 0.264 e. The van der Waals surface area contributed by atoms with Crippen molar-refractivity contribution in [2.75, 3.05) is 13.1 Å². The van der Waals surface area contributed by atoms with Gasteiger partial charge in [0.1, 0.15) is 0 Å². The Kier molecular flexibility index (Phi) is 5.22. The van der Waals surface area contributed by atoms with E-state index in [1.165, 1.54) is 24.2 Å². The molecule has 1 fully saturated rings. The van der Waals surface area contributed by atoms with Crippen LogP contribution in [0.15, 0.2) is 6.07 Å². The van der Waals surface area contributed by atoms with Crippen LogP contribution in [0.2, 0.25) is 0 Å². The molecule has 3 nitrogen and oxygen atoms in total. The van der Waals surface area contributed by atoms with Gasteiger partial charge >= 0.3 is 0 Å². The number of thiophene rings is 1. The average molecular weight is 290 g/mol. The zero-order valence-corrected chi connectivity index (χ0v) is 13.1. The van der Waals surface area contributed by atoms with Gasteiger partial charge < -0.3 is 10.6 Å². The van der Waals surface area contributed by atoms with Gasteiger partial charge in [0.15, 0.2) is 0 Å². The van der Waals surface area contributed by atoms with Crippen molar-refractivity contribution in [1.82, 2.24) is 4.90 Å². The van der Waals surface area contributed by atoms with E-state index in [9.17, 15) is 4.79 Å². The quantitative estimate of drug-likeness (QED) is 0.870. The second-order valence-electron chi connectivity index (χ2n) is 5.16. The Hall–Kier alpha value is -1.31. The lowest BCUT2D eigenvalue weighted by Gasteiger charge is -2.27. The van der Waals surface area contributed by atoms with Crippen LogP contribution in [0.5, 0.6) is 0 Å². The SMILES string of the molecule is CCN(C(=O)c1cc(C)c(C#CCN)s1)C1CCCC1. The van der Waals surface area contributed by atoms with E-state index in [2.05, 4.69) is 18.8 Å². The minimum Gasteiger partial charge on any atom is -0.335 e. The summed E-state index contributed by atoms with van der Waals surface area (Å²) in [5.74, 6) is 6.07. The van der Waals surface area contributed by atoms with Crippen molar-refractivity contribution in [3.63, 3.8) is 0 Å². The first kappa shape index (κ1) is 15.1. The highest BCUT2D eigenvalue weighted by Crippen LogP contribution is 2.28. The molecule has 2 N–H and O–H groups in total. The molecule has 2 rings (SSSR count). The molecule has 1 aliphatic rings. The van der Waals surface area contributed by atoms with Gasteiger partial charge in [0, 0.05) is 12.6 Å². The minimum absolute atomic E-state index is 0.160. The molecule has 4 heteroatoms. The Bertz CT molecular complexity index is 532. The van der Waals surface area contributed by atoms with E-state index in [-0.39, 0.29) is 5.91 Å². The normalized spacial score (nSPS) is 14.9. The first-order chi connectivity index (χ1) is 9.67. The van der Waals surface area contributed by atoms with E-state index >= 15 is 0 Å². The number of carbonyl (C=O) groups excluding carboxylic acids is 1. The van der Waals surface area contributed by atoms with E-state index in [0.717, 1.165) is 34.7 Å². The Labute approximate surface area is 125 Å². The first-order valence-electron chi connectivity index (χ1n) is 7.27. The summed E-state index contributed by atoms with van der Waals surface area (Å²) in [4.78, 5) is 16.5. The lowest BCUT2D eigenvalue weighted by Crippen LogP contribution is -2.38. The molecule has 0 aromatic carbocycles. The van der Waals surface area contributed by atoms with Crippen LogP contribution >= 0.6 is 11.3 Å². The van der Waals surface area contributed by atoms with Crippen molar-refractivity contribution in [3.05, 3.63) is 21.4 Å². The standard InChI is InChI=1S/C16H22N2OS/c1-3-18(13-7-4-5-8-13)16(19)15-11-12(2)14(20-15)9-6-10-17/h11,13H,3-5,7-8,10,17H2,1-2H3. The molecule has 0 saturated heterocycles. The fourth-order valence-electron chi connectivity index (χ4n) is 2.77. The molecule has 0 radical (unpaired) electrons. The summed E-state index contributed by atoms with van der Waals surface area (Å²) in [7, 11) is 0. The molecule has 1 aromatic rings. The smallest absolute Gasteiger partial charge is 0.264 e. The van der Waals surface area contributed by atoms with Gasteiger partial charge in [0.25, 0.3) is 5.91 Å². The summed E-state index contributed by atoms with van der Waals surface area (Å²) in [5.41, 5.74) is 6.47. The van der Waals surface area contributed by atoms with Crippen molar-refractivity contribution in [2.24, 2.45) is 5.73 Å². The van der Waals surface area contributed by atoms with Crippen LogP contribution in [0.25, 0.3) is 0 Å². The number of carbonyl (C=O) groups is 1. The van der Waals surface area contributed by atoms with Gasteiger partial charge in [-0.1, -0.05) is 24.7 Å². The van der Waals surface area contributed by atoms with Crippen molar-refractivity contribution in [2.45, 2.75) is 45.6 Å². The predicted molar refractivity (Wildman–Crippen MR) is 84.0 cm³/mol. The third-order valence-electron chi connectivity index (χ3n) is 3.80. The lowest BCUT2D eigenvalue weighted by molar-refractivity contribution is 0.0698. The van der Waals surface area contributed by atoms with Gasteiger partial charge in [-0.05, 0) is 38.3 Å². The summed E-state index contributed by atoms with van der Waals surface area (Å²) in [6.45, 7) is 5.19. The highest BCUT2D eigenvalue weighted by atomic mass is 32.1. The largest absolute Gasteiger partial charge is 0.335 e. The number of hydrogen-bond donors (Lipinski definition) is 1. The van der Waals surface area contributed by atoms with Crippen LogP contribution in [-0.4, -0.2) is 29.9 Å². The van der Waals surface area contributed by atoms with Gasteiger partial charge in [-0.3, -0.25) is 4.79 Å². The summed E-state index contributed by atoms with van der Waals surface area (Å²) >= 11 is 1.49. The van der Waals surface area contributed by atoms with Crippen LogP contribution < -0.4 is 5.73 Å². The maximum atomic E-state index is 12.7. The van der Waals surface area contributed by atoms with E-state index in [1.807, 2.05) is 17.9 Å². The van der Waals surface area contributed by atoms with E-state index < -0.39 is 0 Å². The zero-order valence-electron chi connectivity index (χ0n) is 12.2. The molecule has 0 bridgehead atoms. The Morgan fingerprint density at radius 1 is 1.50 bits per heavy atom. The van der Waals surface area contributed by atoms with Crippen LogP contribution in [0.3, 0.4) is 0 Å². The molecule has 1 aliphatic carbocycles. The highest BCUT2D eigenvalue weighted by molar-refractivity contribution is 7.14. The third-order valence-corrected chi connectivity index (χ3v) is 4.94. The molecular weight excluding hydrogens is 268 g/mol. The Morgan fingerprint density at radius 3 is 2.80 bits per heavy atom. The highest BCUT2D eigenvalue weighted by Gasteiger charge is 2.27. The summed E-state index contributed by atoms with van der Waals surface area (Å²) < 4.78 is 0. The van der Waals surface area contributed by atoms with Crippen LogP contribution in [-0.2, 0) is 0 Å². The molecule has 0 atom stereocenters. The summed E-state index contributed by atoms with van der Waals surface area (Å²) in [6, 6.07) is 2.39. The molecule has 0 aliphatic heterocycles. The minimum atomic E-state index is 0.160. The molecule has 20 heavy (non-hydrogen) atoms. The number of amides is 1. The van der Waals surface area contributed by atoms with E-state index in [4.69, 9.17) is 5.73 Å². The number of aryl methyl sites for hydroxylation is 1. The van der Waals surface area contributed by atoms with Crippen molar-refractivity contribution in [1.29, 1.82) is 0 Å². The lowest BCUT2D eigenvalue weighted by atomic mass is 10.2. The average Bonchev–Trinajstić information content (AvgIpc) is 3.07. The molecule has 0 unspecified atom stereocenters. The van der Waals surface area contributed by atoms with Crippen LogP contribution in [0, 0.1) is 18.8 Å². The van der Waals surface area contributed by atoms with Gasteiger partial charge in [0.2, 0.25) is 0 Å². The molecule has 0 spiro atoms. The molecule has 108 valence electrons. The number of nitrogens with two attached hydrogens (primary N) is 1. The van der Waals surface area contributed by atoms with E-state index in [0.29, 0.717) is 12.6 Å². The number of rotatable bonds is 3. The van der Waals surface area contributed by atoms with Crippen LogP contribution in [0.4, 0.5) is 0 Å². The number of nitrogens with zero attached hydrogens (tertiary/aromatic N) is 1. The van der Waals surface area contributed by atoms with Crippen molar-refractivity contribution in [3.8, 4) is 11.8 Å². The number of hydrogen-bond acceptors (Lipinski definition) is 3. The van der Waals surface area contributed by atoms with Gasteiger partial charge in [0.05, 0.1) is 16.3 Å². The topological polar surface area (TPSA) is 46.3 Å². The molecule has 1 heterocycles. The van der Waals surface area contributed by atoms with Gasteiger partial charge in [-0.15, -0.1) is 11.3 Å². The second-order valence-corrected chi connectivity index (χ2v) is 6.21. The fourth-order valence-corrected chi connectivity index (χ4v) is 3.77. The summed E-state index contributed by atoms with van der Waals surface area (Å²) in [6.07, 6.45) is 4.77. The van der Waals surface area contributed by atoms with Gasteiger partial charge in [-0.2, -0.15) is 0 Å². The Morgan fingerprint density at radius 2 is 2.20 bits per heavy atom. The summed E-state index contributed by atoms with van der Waals surface area (Å²) in [5, 5.41) is 0. The predicted octanol–water partition coefficient (Wildman–Crippen LogP) is 2.77.